The fourth-order valence-corrected chi connectivity index (χ4v) is 7.82. The van der Waals surface area contributed by atoms with E-state index in [9.17, 15) is 13.4 Å². The number of benzene rings is 2. The van der Waals surface area contributed by atoms with Gasteiger partial charge in [0, 0.05) is 42.0 Å². The van der Waals surface area contributed by atoms with Gasteiger partial charge in [0.25, 0.3) is 5.91 Å². The van der Waals surface area contributed by atoms with Gasteiger partial charge in [-0.1, -0.05) is 40.8 Å². The van der Waals surface area contributed by atoms with Crippen molar-refractivity contribution in [2.24, 2.45) is 5.41 Å². The van der Waals surface area contributed by atoms with Gasteiger partial charge in [-0.15, -0.1) is 0 Å². The van der Waals surface area contributed by atoms with Crippen LogP contribution in [-0.2, 0) is 11.0 Å². The Kier molecular flexibility index (Phi) is 6.39. The van der Waals surface area contributed by atoms with E-state index >= 15 is 0 Å². The van der Waals surface area contributed by atoms with Crippen LogP contribution < -0.4 is 9.62 Å². The zero-order valence-corrected chi connectivity index (χ0v) is 24.9. The predicted molar refractivity (Wildman–Crippen MR) is 161 cm³/mol. The van der Waals surface area contributed by atoms with E-state index in [0.29, 0.717) is 10.6 Å². The molecule has 4 aromatic rings. The predicted octanol–water partition coefficient (Wildman–Crippen LogP) is 6.68. The molecule has 2 aromatic carbocycles. The molecule has 1 saturated carbocycles. The summed E-state index contributed by atoms with van der Waals surface area (Å²) in [6.07, 6.45) is 9.14. The Balaban J connectivity index is 1.12. The smallest absolute Gasteiger partial charge is 0.263 e. The summed E-state index contributed by atoms with van der Waals surface area (Å²) in [5.74, 6) is 0.422. The Morgan fingerprint density at radius 2 is 1.88 bits per heavy atom. The quantitative estimate of drug-likeness (QED) is 0.270. The number of carbonyl (C=O) groups is 1. The van der Waals surface area contributed by atoms with Gasteiger partial charge < -0.3 is 9.42 Å². The van der Waals surface area contributed by atoms with E-state index in [1.165, 1.54) is 45.4 Å². The van der Waals surface area contributed by atoms with E-state index < -0.39 is 22.7 Å². The summed E-state index contributed by atoms with van der Waals surface area (Å²) in [6.45, 7) is 5.94. The summed E-state index contributed by atoms with van der Waals surface area (Å²) in [6, 6.07) is 9.15. The molecule has 7 nitrogen and oxygen atoms in total. The summed E-state index contributed by atoms with van der Waals surface area (Å²) in [5.41, 5.74) is 7.71. The van der Waals surface area contributed by atoms with Crippen molar-refractivity contribution in [2.45, 2.75) is 51.9 Å². The van der Waals surface area contributed by atoms with Gasteiger partial charge in [0.15, 0.2) is 10.9 Å². The second kappa shape index (κ2) is 9.87. The number of amides is 1. The van der Waals surface area contributed by atoms with Crippen LogP contribution in [0, 0.1) is 25.1 Å². The minimum atomic E-state index is -1.52. The van der Waals surface area contributed by atoms with Crippen molar-refractivity contribution < 1.29 is 17.9 Å². The van der Waals surface area contributed by atoms with Crippen molar-refractivity contribution in [1.29, 1.82) is 0 Å². The molecular weight excluding hydrogens is 559 g/mol. The average Bonchev–Trinajstić information content (AvgIpc) is 3.52. The van der Waals surface area contributed by atoms with Gasteiger partial charge in [0.2, 0.25) is 0 Å². The summed E-state index contributed by atoms with van der Waals surface area (Å²) >= 11 is 1.39. The molecule has 1 N–H and O–H groups in total. The van der Waals surface area contributed by atoms with Crippen molar-refractivity contribution in [3.05, 3.63) is 70.2 Å². The molecule has 0 radical (unpaired) electrons. The largest absolute Gasteiger partial charge is 0.360 e. The van der Waals surface area contributed by atoms with Crippen LogP contribution in [0.1, 0.15) is 70.8 Å². The van der Waals surface area contributed by atoms with Crippen LogP contribution in [0.2, 0.25) is 0 Å². The highest BCUT2D eigenvalue weighted by Gasteiger charge is 2.44. The van der Waals surface area contributed by atoms with E-state index in [4.69, 9.17) is 4.52 Å². The maximum Gasteiger partial charge on any atom is 0.263 e. The Morgan fingerprint density at radius 1 is 1.17 bits per heavy atom. The van der Waals surface area contributed by atoms with Crippen molar-refractivity contribution in [3.63, 3.8) is 0 Å². The second-order valence-corrected chi connectivity index (χ2v) is 13.8. The third-order valence-corrected chi connectivity index (χ3v) is 10.2. The minimum Gasteiger partial charge on any atom is -0.360 e. The highest BCUT2D eigenvalue weighted by molar-refractivity contribution is 7.82. The van der Waals surface area contributed by atoms with E-state index in [-0.39, 0.29) is 16.5 Å². The van der Waals surface area contributed by atoms with Crippen LogP contribution in [0.15, 0.2) is 40.9 Å². The molecule has 1 amide bonds. The van der Waals surface area contributed by atoms with Gasteiger partial charge in [0.05, 0.1) is 4.70 Å². The number of halogens is 1. The Bertz CT molecular complexity index is 1740. The Hall–Kier alpha value is -3.37. The number of nitrogens with one attached hydrogen (secondary N) is 1. The lowest BCUT2D eigenvalue weighted by Crippen LogP contribution is -2.42. The number of nitrogens with zero attached hydrogens (tertiary/aromatic N) is 3. The summed E-state index contributed by atoms with van der Waals surface area (Å²) in [5, 5.41) is 5.38. The van der Waals surface area contributed by atoms with Crippen LogP contribution in [0.4, 0.5) is 9.52 Å². The van der Waals surface area contributed by atoms with E-state index in [1.807, 2.05) is 0 Å². The maximum absolute atomic E-state index is 14.8. The Labute approximate surface area is 244 Å². The first kappa shape index (κ1) is 26.5. The molecule has 41 heavy (non-hydrogen) atoms. The number of rotatable bonds is 6. The molecule has 1 atom stereocenters. The lowest BCUT2D eigenvalue weighted by Gasteiger charge is -2.46. The molecule has 2 aromatic heterocycles. The topological polar surface area (TPSA) is 88.3 Å². The number of aryl methyl sites for hydroxylation is 2. The van der Waals surface area contributed by atoms with Crippen molar-refractivity contribution in [1.82, 2.24) is 14.9 Å². The van der Waals surface area contributed by atoms with Crippen LogP contribution in [-0.4, -0.2) is 39.6 Å². The molecule has 1 unspecified atom stereocenters. The monoisotopic (exact) mass is 590 g/mol. The number of thiazole rings is 1. The minimum absolute atomic E-state index is 0.143. The van der Waals surface area contributed by atoms with E-state index in [1.54, 1.807) is 6.07 Å². The molecule has 2 aliphatic carbocycles. The normalized spacial score (nSPS) is 18.8. The number of hydrogen-bond acceptors (Lipinski definition) is 7. The number of piperidine rings is 1. The zero-order chi connectivity index (χ0) is 28.5. The number of anilines is 1. The Morgan fingerprint density at radius 3 is 2.54 bits per heavy atom. The van der Waals surface area contributed by atoms with Crippen molar-refractivity contribution in [2.75, 3.05) is 24.2 Å². The highest BCUT2D eigenvalue weighted by Crippen LogP contribution is 2.56. The molecule has 3 aliphatic rings. The molecule has 1 saturated heterocycles. The molecule has 1 spiro atoms. The highest BCUT2D eigenvalue weighted by atomic mass is 32.2. The fourth-order valence-electron chi connectivity index (χ4n) is 6.37. The van der Waals surface area contributed by atoms with Crippen LogP contribution in [0.3, 0.4) is 0 Å². The van der Waals surface area contributed by atoms with Crippen LogP contribution in [0.25, 0.3) is 27.0 Å². The number of hydrogen-bond donors (Lipinski definition) is 1. The average molecular weight is 591 g/mol. The first-order valence-electron chi connectivity index (χ1n) is 14.0. The molecule has 1 aliphatic heterocycles. The molecular formula is C31H31FN4O3S2. The lowest BCUT2D eigenvalue weighted by molar-refractivity contribution is 0.0983. The first-order chi connectivity index (χ1) is 19.7. The van der Waals surface area contributed by atoms with Gasteiger partial charge in [0.1, 0.15) is 28.0 Å². The zero-order valence-electron chi connectivity index (χ0n) is 23.3. The second-order valence-electron chi connectivity index (χ2n) is 11.7. The van der Waals surface area contributed by atoms with E-state index in [0.717, 1.165) is 67.8 Å². The lowest BCUT2D eigenvalue weighted by atomic mass is 9.63. The van der Waals surface area contributed by atoms with Crippen molar-refractivity contribution in [3.8, 4) is 11.3 Å². The van der Waals surface area contributed by atoms with Crippen LogP contribution in [0.5, 0.6) is 0 Å². The van der Waals surface area contributed by atoms with Gasteiger partial charge in [-0.3, -0.25) is 9.52 Å². The maximum atomic E-state index is 14.8. The molecule has 212 valence electrons. The summed E-state index contributed by atoms with van der Waals surface area (Å²) in [4.78, 5) is 19.1. The molecule has 7 rings (SSSR count). The SMILES string of the molecule is Cc1cccc(C)c1-c1noc(C2CC2)c1C1=CC2(CCN(c3nc4c(F)cc(C(=O)NS(C)=O)cc4s3)CC2)C1. The van der Waals surface area contributed by atoms with Gasteiger partial charge in [-0.2, -0.15) is 0 Å². The molecule has 3 heterocycles. The van der Waals surface area contributed by atoms with Gasteiger partial charge >= 0.3 is 0 Å². The summed E-state index contributed by atoms with van der Waals surface area (Å²) in [7, 11) is -1.52. The third kappa shape index (κ3) is 4.70. The van der Waals surface area contributed by atoms with Crippen LogP contribution >= 0.6 is 11.3 Å². The molecule has 10 heteroatoms. The molecule has 2 fully saturated rings. The first-order valence-corrected chi connectivity index (χ1v) is 16.4. The summed E-state index contributed by atoms with van der Waals surface area (Å²) < 4.78 is 35.1. The molecule has 0 bridgehead atoms. The number of carbonyl (C=O) groups excluding carboxylic acids is 1. The van der Waals surface area contributed by atoms with Gasteiger partial charge in [-0.25, -0.2) is 13.6 Å². The third-order valence-electron chi connectivity index (χ3n) is 8.69. The van der Waals surface area contributed by atoms with Gasteiger partial charge in [-0.05, 0) is 80.2 Å². The van der Waals surface area contributed by atoms with Crippen molar-refractivity contribution >= 4 is 49.2 Å². The number of fused-ring (bicyclic) bond motifs is 1. The number of allylic oxidation sites excluding steroid dienone is 2. The standard InChI is InChI=1S/C31H31FN4O3S2/c1-17-5-4-6-18(2)24(17)27-25(28(39-34-27)19-7-8-19)21-15-31(16-21)9-11-36(12-10-31)30-33-26-22(32)13-20(14-23(26)40-30)29(37)35-41(3)38/h4-6,13-15,19H,7-12,16H2,1-3H3,(H,35,37). The fraction of sp³-hybridized carbons (Fsp3) is 0.387. The number of aromatic nitrogens is 2. The van der Waals surface area contributed by atoms with E-state index in [2.05, 4.69) is 57.9 Å².